The van der Waals surface area contributed by atoms with E-state index in [1.165, 1.54) is 38.8 Å². The molecule has 0 radical (unpaired) electrons. The lowest BCUT2D eigenvalue weighted by Gasteiger charge is -2.35. The van der Waals surface area contributed by atoms with E-state index in [2.05, 4.69) is 25.7 Å². The second-order valence-electron chi connectivity index (χ2n) is 6.31. The molecule has 0 aliphatic carbocycles. The summed E-state index contributed by atoms with van der Waals surface area (Å²) in [6.45, 7) is 10.1. The molecular formula is C15H29NO2. The number of nitrogens with zero attached hydrogens (tertiary/aromatic N) is 1. The minimum Gasteiger partial charge on any atom is -0.481 e. The van der Waals surface area contributed by atoms with Crippen LogP contribution in [0.2, 0.25) is 0 Å². The second-order valence-corrected chi connectivity index (χ2v) is 6.31. The van der Waals surface area contributed by atoms with Crippen LogP contribution in [0.5, 0.6) is 0 Å². The van der Waals surface area contributed by atoms with E-state index in [-0.39, 0.29) is 0 Å². The van der Waals surface area contributed by atoms with Crippen LogP contribution in [0, 0.1) is 17.8 Å². The van der Waals surface area contributed by atoms with Crippen LogP contribution in [0.15, 0.2) is 0 Å². The Morgan fingerprint density at radius 3 is 2.72 bits per heavy atom. The highest BCUT2D eigenvalue weighted by atomic mass is 16.4. The number of rotatable bonds is 7. The molecule has 1 saturated heterocycles. The van der Waals surface area contributed by atoms with Crippen molar-refractivity contribution in [3.05, 3.63) is 0 Å². The van der Waals surface area contributed by atoms with Crippen molar-refractivity contribution in [2.45, 2.75) is 52.9 Å². The molecule has 0 bridgehead atoms. The first-order valence-electron chi connectivity index (χ1n) is 7.43. The predicted octanol–water partition coefficient (Wildman–Crippen LogP) is 3.25. The summed E-state index contributed by atoms with van der Waals surface area (Å²) in [4.78, 5) is 13.3. The fourth-order valence-electron chi connectivity index (χ4n) is 2.92. The van der Waals surface area contributed by atoms with Crippen molar-refractivity contribution in [3.8, 4) is 0 Å². The Morgan fingerprint density at radius 2 is 2.11 bits per heavy atom. The van der Waals surface area contributed by atoms with Crippen LogP contribution >= 0.6 is 0 Å². The number of aliphatic carboxylic acids is 1. The molecule has 1 rings (SSSR count). The van der Waals surface area contributed by atoms with Gasteiger partial charge in [0.2, 0.25) is 0 Å². The van der Waals surface area contributed by atoms with Gasteiger partial charge in [-0.2, -0.15) is 0 Å². The standard InChI is InChI=1S/C15H29NO2/c1-12(2)6-4-8-16-9-5-7-14(11-16)13(3)10-15(17)18/h12-14H,4-11H2,1-3H3,(H,17,18). The normalized spacial score (nSPS) is 23.2. The summed E-state index contributed by atoms with van der Waals surface area (Å²) in [7, 11) is 0. The zero-order chi connectivity index (χ0) is 13.5. The van der Waals surface area contributed by atoms with Crippen molar-refractivity contribution in [2.75, 3.05) is 19.6 Å². The molecule has 1 fully saturated rings. The molecule has 1 N–H and O–H groups in total. The Hall–Kier alpha value is -0.570. The Labute approximate surface area is 112 Å². The molecule has 18 heavy (non-hydrogen) atoms. The molecule has 0 aromatic heterocycles. The monoisotopic (exact) mass is 255 g/mol. The van der Waals surface area contributed by atoms with Gasteiger partial charge in [0.15, 0.2) is 0 Å². The van der Waals surface area contributed by atoms with Crippen LogP contribution in [-0.4, -0.2) is 35.6 Å². The lowest BCUT2D eigenvalue weighted by Crippen LogP contribution is -2.38. The summed E-state index contributed by atoms with van der Waals surface area (Å²) in [5.41, 5.74) is 0. The lowest BCUT2D eigenvalue weighted by atomic mass is 9.84. The van der Waals surface area contributed by atoms with Crippen LogP contribution in [0.25, 0.3) is 0 Å². The maximum atomic E-state index is 10.8. The minimum absolute atomic E-state index is 0.315. The molecule has 106 valence electrons. The molecular weight excluding hydrogens is 226 g/mol. The van der Waals surface area contributed by atoms with Gasteiger partial charge in [-0.1, -0.05) is 20.8 Å². The molecule has 2 atom stereocenters. The maximum absolute atomic E-state index is 10.8. The van der Waals surface area contributed by atoms with Crippen molar-refractivity contribution in [2.24, 2.45) is 17.8 Å². The smallest absolute Gasteiger partial charge is 0.303 e. The minimum atomic E-state index is -0.653. The average Bonchev–Trinajstić information content (AvgIpc) is 2.28. The van der Waals surface area contributed by atoms with Crippen LogP contribution in [0.3, 0.4) is 0 Å². The SMILES string of the molecule is CC(C)CCCN1CCCC(C(C)CC(=O)O)C1. The van der Waals surface area contributed by atoms with Crippen LogP contribution in [-0.2, 0) is 4.79 Å². The quantitative estimate of drug-likeness (QED) is 0.759. The third kappa shape index (κ3) is 5.85. The summed E-state index contributed by atoms with van der Waals surface area (Å²) < 4.78 is 0. The van der Waals surface area contributed by atoms with Crippen molar-refractivity contribution < 1.29 is 9.90 Å². The van der Waals surface area contributed by atoms with Gasteiger partial charge in [-0.05, 0) is 56.5 Å². The maximum Gasteiger partial charge on any atom is 0.303 e. The number of carboxylic acid groups (broad SMARTS) is 1. The van der Waals surface area contributed by atoms with Crippen molar-refractivity contribution in [1.82, 2.24) is 4.90 Å². The van der Waals surface area contributed by atoms with Crippen molar-refractivity contribution >= 4 is 5.97 Å². The number of likely N-dealkylation sites (tertiary alicyclic amines) is 1. The van der Waals surface area contributed by atoms with Gasteiger partial charge in [-0.25, -0.2) is 0 Å². The summed E-state index contributed by atoms with van der Waals surface area (Å²) in [6.07, 6.45) is 5.33. The van der Waals surface area contributed by atoms with Gasteiger partial charge in [0.05, 0.1) is 0 Å². The number of carbonyl (C=O) groups is 1. The highest BCUT2D eigenvalue weighted by Gasteiger charge is 2.25. The summed E-state index contributed by atoms with van der Waals surface area (Å²) in [5, 5.41) is 8.87. The van der Waals surface area contributed by atoms with Gasteiger partial charge in [0, 0.05) is 13.0 Å². The number of hydrogen-bond donors (Lipinski definition) is 1. The molecule has 0 saturated carbocycles. The molecule has 1 heterocycles. The van der Waals surface area contributed by atoms with Gasteiger partial charge in [0.1, 0.15) is 0 Å². The highest BCUT2D eigenvalue weighted by molar-refractivity contribution is 5.66. The number of carboxylic acids is 1. The van der Waals surface area contributed by atoms with Crippen LogP contribution < -0.4 is 0 Å². The Bertz CT molecular complexity index is 253. The third-order valence-corrected chi connectivity index (χ3v) is 4.10. The third-order valence-electron chi connectivity index (χ3n) is 4.10. The summed E-state index contributed by atoms with van der Waals surface area (Å²) >= 11 is 0. The van der Waals surface area contributed by atoms with E-state index in [0.29, 0.717) is 18.3 Å². The first-order chi connectivity index (χ1) is 8.49. The second kappa shape index (κ2) is 7.78. The van der Waals surface area contributed by atoms with Gasteiger partial charge in [0.25, 0.3) is 0 Å². The number of hydrogen-bond acceptors (Lipinski definition) is 2. The molecule has 0 amide bonds. The van der Waals surface area contributed by atoms with Gasteiger partial charge < -0.3 is 10.0 Å². The van der Waals surface area contributed by atoms with E-state index < -0.39 is 5.97 Å². The summed E-state index contributed by atoms with van der Waals surface area (Å²) in [5.74, 6) is 1.03. The fourth-order valence-corrected chi connectivity index (χ4v) is 2.92. The molecule has 3 heteroatoms. The predicted molar refractivity (Wildman–Crippen MR) is 74.7 cm³/mol. The molecule has 2 unspecified atom stereocenters. The molecule has 1 aliphatic heterocycles. The van der Waals surface area contributed by atoms with E-state index in [1.54, 1.807) is 0 Å². The van der Waals surface area contributed by atoms with E-state index in [4.69, 9.17) is 5.11 Å². The van der Waals surface area contributed by atoms with E-state index in [1.807, 2.05) is 0 Å². The van der Waals surface area contributed by atoms with E-state index >= 15 is 0 Å². The molecule has 0 aromatic rings. The average molecular weight is 255 g/mol. The Balaban J connectivity index is 2.29. The summed E-state index contributed by atoms with van der Waals surface area (Å²) in [6, 6.07) is 0. The first-order valence-corrected chi connectivity index (χ1v) is 7.43. The number of piperidine rings is 1. The first kappa shape index (κ1) is 15.5. The largest absolute Gasteiger partial charge is 0.481 e. The molecule has 0 aromatic carbocycles. The lowest BCUT2D eigenvalue weighted by molar-refractivity contribution is -0.138. The zero-order valence-corrected chi connectivity index (χ0v) is 12.2. The van der Waals surface area contributed by atoms with E-state index in [0.717, 1.165) is 12.5 Å². The van der Waals surface area contributed by atoms with Crippen LogP contribution in [0.4, 0.5) is 0 Å². The topological polar surface area (TPSA) is 40.5 Å². The Morgan fingerprint density at radius 1 is 1.39 bits per heavy atom. The van der Waals surface area contributed by atoms with Gasteiger partial charge in [-0.15, -0.1) is 0 Å². The van der Waals surface area contributed by atoms with Crippen molar-refractivity contribution in [1.29, 1.82) is 0 Å². The molecule has 1 aliphatic rings. The van der Waals surface area contributed by atoms with E-state index in [9.17, 15) is 4.79 Å². The molecule has 3 nitrogen and oxygen atoms in total. The van der Waals surface area contributed by atoms with Crippen molar-refractivity contribution in [3.63, 3.8) is 0 Å². The zero-order valence-electron chi connectivity index (χ0n) is 12.2. The fraction of sp³-hybridized carbons (Fsp3) is 0.933. The highest BCUT2D eigenvalue weighted by Crippen LogP contribution is 2.26. The Kier molecular flexibility index (Phi) is 6.69. The molecule has 0 spiro atoms. The van der Waals surface area contributed by atoms with Crippen LogP contribution in [0.1, 0.15) is 52.9 Å². The van der Waals surface area contributed by atoms with Gasteiger partial charge in [-0.3, -0.25) is 4.79 Å². The van der Waals surface area contributed by atoms with Gasteiger partial charge >= 0.3 is 5.97 Å².